The minimum Gasteiger partial charge on any atom is -0.507 e. The molecule has 1 aromatic heterocycles. The van der Waals surface area contributed by atoms with Crippen LogP contribution in [0.25, 0.3) is 5.76 Å². The molecule has 1 amide bonds. The van der Waals surface area contributed by atoms with E-state index >= 15 is 0 Å². The maximum atomic E-state index is 13.2. The molecule has 0 spiro atoms. The van der Waals surface area contributed by atoms with E-state index in [1.807, 2.05) is 0 Å². The second-order valence-electron chi connectivity index (χ2n) is 7.86. The molecular formula is C27H24N2O6. The van der Waals surface area contributed by atoms with E-state index in [1.165, 1.54) is 12.0 Å². The van der Waals surface area contributed by atoms with Crippen LogP contribution < -0.4 is 4.74 Å². The number of methoxy groups -OCH3 is 1. The Hall–Kier alpha value is -4.46. The average molecular weight is 472 g/mol. The zero-order valence-corrected chi connectivity index (χ0v) is 19.3. The topological polar surface area (TPSA) is 106 Å². The molecule has 1 unspecified atom stereocenters. The van der Waals surface area contributed by atoms with Crippen molar-refractivity contribution in [1.29, 1.82) is 0 Å². The van der Waals surface area contributed by atoms with E-state index in [9.17, 15) is 19.5 Å². The molecule has 1 fully saturated rings. The number of Topliss-reactive ketones (excluding diaryl/α,β-unsaturated/α-hetero) is 1. The van der Waals surface area contributed by atoms with Crippen LogP contribution in [0, 0.1) is 0 Å². The van der Waals surface area contributed by atoms with E-state index in [1.54, 1.807) is 80.0 Å². The SMILES string of the molecule is CCOC(=O)c1ccc(CN2C(=O)C(=O)/C(=C(/O)c3cccc(OC)c3)C2c2ccncc2)cc1. The Morgan fingerprint density at radius 3 is 2.40 bits per heavy atom. The summed E-state index contributed by atoms with van der Waals surface area (Å²) in [6.07, 6.45) is 3.13. The number of hydrogen-bond donors (Lipinski definition) is 1. The lowest BCUT2D eigenvalue weighted by atomic mass is 9.95. The van der Waals surface area contributed by atoms with Crippen LogP contribution >= 0.6 is 0 Å². The molecule has 1 atom stereocenters. The van der Waals surface area contributed by atoms with Crippen LogP contribution in [0.1, 0.15) is 40.0 Å². The monoisotopic (exact) mass is 472 g/mol. The summed E-state index contributed by atoms with van der Waals surface area (Å²) >= 11 is 0. The summed E-state index contributed by atoms with van der Waals surface area (Å²) in [6, 6.07) is 15.9. The van der Waals surface area contributed by atoms with Gasteiger partial charge in [0.1, 0.15) is 11.5 Å². The second-order valence-corrected chi connectivity index (χ2v) is 7.86. The highest BCUT2D eigenvalue weighted by Gasteiger charge is 2.46. The number of hydrogen-bond acceptors (Lipinski definition) is 7. The van der Waals surface area contributed by atoms with Gasteiger partial charge in [-0.2, -0.15) is 0 Å². The fraction of sp³-hybridized carbons (Fsp3) is 0.185. The van der Waals surface area contributed by atoms with Crippen LogP contribution in [0.2, 0.25) is 0 Å². The van der Waals surface area contributed by atoms with Crippen LogP contribution in [0.5, 0.6) is 5.75 Å². The third-order valence-electron chi connectivity index (χ3n) is 5.72. The summed E-state index contributed by atoms with van der Waals surface area (Å²) in [5.41, 5.74) is 2.08. The van der Waals surface area contributed by atoms with Crippen molar-refractivity contribution in [3.8, 4) is 5.75 Å². The molecule has 2 aromatic carbocycles. The third-order valence-corrected chi connectivity index (χ3v) is 5.72. The Morgan fingerprint density at radius 1 is 1.03 bits per heavy atom. The summed E-state index contributed by atoms with van der Waals surface area (Å²) in [4.78, 5) is 43.7. The van der Waals surface area contributed by atoms with Crippen molar-refractivity contribution in [2.24, 2.45) is 0 Å². The minimum absolute atomic E-state index is 0.0161. The van der Waals surface area contributed by atoms with Gasteiger partial charge in [-0.3, -0.25) is 14.6 Å². The summed E-state index contributed by atoms with van der Waals surface area (Å²) in [5, 5.41) is 11.1. The van der Waals surface area contributed by atoms with E-state index in [4.69, 9.17) is 9.47 Å². The van der Waals surface area contributed by atoms with Crippen molar-refractivity contribution in [3.05, 3.63) is 101 Å². The van der Waals surface area contributed by atoms with Gasteiger partial charge in [0, 0.05) is 24.5 Å². The molecular weight excluding hydrogens is 448 g/mol. The number of carbonyl (C=O) groups is 3. The van der Waals surface area contributed by atoms with Crippen molar-refractivity contribution in [3.63, 3.8) is 0 Å². The normalized spacial score (nSPS) is 16.9. The first-order chi connectivity index (χ1) is 16.9. The van der Waals surface area contributed by atoms with Gasteiger partial charge in [0.05, 0.1) is 30.9 Å². The number of likely N-dealkylation sites (tertiary alicyclic amines) is 1. The molecule has 1 aliphatic rings. The minimum atomic E-state index is -0.825. The van der Waals surface area contributed by atoms with Gasteiger partial charge in [-0.1, -0.05) is 24.3 Å². The maximum absolute atomic E-state index is 13.2. The highest BCUT2D eigenvalue weighted by atomic mass is 16.5. The van der Waals surface area contributed by atoms with E-state index in [0.717, 1.165) is 0 Å². The number of nitrogens with zero attached hydrogens (tertiary/aromatic N) is 2. The molecule has 0 bridgehead atoms. The average Bonchev–Trinajstić information content (AvgIpc) is 3.14. The Morgan fingerprint density at radius 2 is 1.74 bits per heavy atom. The van der Waals surface area contributed by atoms with Gasteiger partial charge in [0.15, 0.2) is 0 Å². The molecule has 4 rings (SSSR count). The zero-order valence-electron chi connectivity index (χ0n) is 19.3. The van der Waals surface area contributed by atoms with Crippen molar-refractivity contribution in [2.75, 3.05) is 13.7 Å². The largest absolute Gasteiger partial charge is 0.507 e. The van der Waals surface area contributed by atoms with Crippen molar-refractivity contribution < 1.29 is 29.0 Å². The fourth-order valence-corrected chi connectivity index (χ4v) is 4.02. The number of esters is 1. The van der Waals surface area contributed by atoms with Crippen LogP contribution in [-0.4, -0.2) is 46.4 Å². The number of benzene rings is 2. The van der Waals surface area contributed by atoms with E-state index in [2.05, 4.69) is 4.98 Å². The number of carbonyl (C=O) groups excluding carboxylic acids is 3. The lowest BCUT2D eigenvalue weighted by molar-refractivity contribution is -0.140. The molecule has 8 nitrogen and oxygen atoms in total. The van der Waals surface area contributed by atoms with Crippen molar-refractivity contribution in [1.82, 2.24) is 9.88 Å². The quantitative estimate of drug-likeness (QED) is 0.241. The fourth-order valence-electron chi connectivity index (χ4n) is 4.02. The molecule has 3 aromatic rings. The molecule has 1 aliphatic heterocycles. The molecule has 35 heavy (non-hydrogen) atoms. The van der Waals surface area contributed by atoms with Crippen LogP contribution in [-0.2, 0) is 20.9 Å². The Bertz CT molecular complexity index is 1280. The first-order valence-electron chi connectivity index (χ1n) is 11.0. The highest BCUT2D eigenvalue weighted by Crippen LogP contribution is 2.40. The number of rotatable bonds is 7. The summed E-state index contributed by atoms with van der Waals surface area (Å²) in [7, 11) is 1.50. The van der Waals surface area contributed by atoms with E-state index in [-0.39, 0.29) is 24.5 Å². The third kappa shape index (κ3) is 4.77. The smallest absolute Gasteiger partial charge is 0.338 e. The molecule has 0 radical (unpaired) electrons. The number of ether oxygens (including phenoxy) is 2. The summed E-state index contributed by atoms with van der Waals surface area (Å²) in [5.74, 6) is -1.73. The van der Waals surface area contributed by atoms with Gasteiger partial charge in [0.25, 0.3) is 11.7 Å². The second kappa shape index (κ2) is 10.2. The highest BCUT2D eigenvalue weighted by molar-refractivity contribution is 6.46. The predicted octanol–water partition coefficient (Wildman–Crippen LogP) is 3.89. The maximum Gasteiger partial charge on any atom is 0.338 e. The lowest BCUT2D eigenvalue weighted by Gasteiger charge is -2.25. The number of aliphatic hydroxyl groups is 1. The summed E-state index contributed by atoms with van der Waals surface area (Å²) < 4.78 is 10.2. The predicted molar refractivity (Wildman–Crippen MR) is 127 cm³/mol. The van der Waals surface area contributed by atoms with Gasteiger partial charge in [-0.15, -0.1) is 0 Å². The Kier molecular flexibility index (Phi) is 6.91. The molecule has 1 N–H and O–H groups in total. The van der Waals surface area contributed by atoms with Crippen molar-refractivity contribution >= 4 is 23.4 Å². The molecule has 178 valence electrons. The van der Waals surface area contributed by atoms with Gasteiger partial charge < -0.3 is 19.5 Å². The van der Waals surface area contributed by atoms with E-state index < -0.39 is 23.7 Å². The molecule has 0 saturated carbocycles. The molecule has 0 aliphatic carbocycles. The standard InChI is InChI=1S/C27H24N2O6/c1-3-35-27(33)19-9-7-17(8-10-19)16-29-23(18-11-13-28-14-12-18)22(25(31)26(29)32)24(30)20-5-4-6-21(15-20)34-2/h4-15,23,30H,3,16H2,1-2H3/b24-22+. The zero-order chi connectivity index (χ0) is 24.9. The van der Waals surface area contributed by atoms with Crippen LogP contribution in [0.15, 0.2) is 78.6 Å². The van der Waals surface area contributed by atoms with Gasteiger partial charge >= 0.3 is 5.97 Å². The van der Waals surface area contributed by atoms with E-state index in [0.29, 0.717) is 28.0 Å². The van der Waals surface area contributed by atoms with Crippen molar-refractivity contribution in [2.45, 2.75) is 19.5 Å². The lowest BCUT2D eigenvalue weighted by Crippen LogP contribution is -2.29. The molecule has 1 saturated heterocycles. The van der Waals surface area contributed by atoms with Gasteiger partial charge in [-0.05, 0) is 54.4 Å². The Labute approximate surface area is 202 Å². The molecule has 2 heterocycles. The van der Waals surface area contributed by atoms with Gasteiger partial charge in [-0.25, -0.2) is 4.79 Å². The van der Waals surface area contributed by atoms with Gasteiger partial charge in [0.2, 0.25) is 0 Å². The first kappa shape index (κ1) is 23.7. The number of amides is 1. The Balaban J connectivity index is 1.75. The summed E-state index contributed by atoms with van der Waals surface area (Å²) in [6.45, 7) is 2.09. The van der Waals surface area contributed by atoms with Crippen LogP contribution in [0.4, 0.5) is 0 Å². The number of aromatic nitrogens is 1. The number of aliphatic hydroxyl groups excluding tert-OH is 1. The number of ketones is 1. The first-order valence-corrected chi connectivity index (χ1v) is 11.0. The van der Waals surface area contributed by atoms with Crippen LogP contribution in [0.3, 0.4) is 0 Å². The number of pyridine rings is 1. The molecule has 8 heteroatoms.